The molecule has 0 bridgehead atoms. The number of aryl methyl sites for hydroxylation is 2. The third-order valence-electron chi connectivity index (χ3n) is 1.68. The quantitative estimate of drug-likeness (QED) is 0.577. The van der Waals surface area contributed by atoms with Crippen LogP contribution in [0.25, 0.3) is 11.0 Å². The molecule has 0 fully saturated rings. The van der Waals surface area contributed by atoms with Crippen molar-refractivity contribution in [1.82, 2.24) is 19.9 Å². The van der Waals surface area contributed by atoms with Gasteiger partial charge in [-0.25, -0.2) is 19.9 Å². The van der Waals surface area contributed by atoms with E-state index in [1.807, 2.05) is 13.8 Å². The maximum absolute atomic E-state index is 4.24. The first-order valence-corrected chi connectivity index (χ1v) is 3.68. The Labute approximate surface area is 69.7 Å². The minimum absolute atomic E-state index is 0.750. The zero-order valence-corrected chi connectivity index (χ0v) is 6.94. The van der Waals surface area contributed by atoms with Crippen molar-refractivity contribution >= 4 is 11.0 Å². The summed E-state index contributed by atoms with van der Waals surface area (Å²) in [4.78, 5) is 16.4. The summed E-state index contributed by atoms with van der Waals surface area (Å²) >= 11 is 0. The molecule has 60 valence electrons. The number of aromatic nitrogens is 4. The van der Waals surface area contributed by atoms with Gasteiger partial charge in [-0.3, -0.25) is 0 Å². The van der Waals surface area contributed by atoms with Crippen molar-refractivity contribution in [3.05, 3.63) is 24.0 Å². The van der Waals surface area contributed by atoms with Crippen LogP contribution in [0, 0.1) is 13.8 Å². The lowest BCUT2D eigenvalue weighted by atomic mass is 10.3. The molecule has 0 aromatic carbocycles. The van der Waals surface area contributed by atoms with Gasteiger partial charge in [-0.2, -0.15) is 0 Å². The molecule has 0 radical (unpaired) electrons. The van der Waals surface area contributed by atoms with Crippen molar-refractivity contribution in [2.45, 2.75) is 13.8 Å². The molecule has 12 heavy (non-hydrogen) atoms. The van der Waals surface area contributed by atoms with Gasteiger partial charge >= 0.3 is 0 Å². The van der Waals surface area contributed by atoms with E-state index in [9.17, 15) is 0 Å². The summed E-state index contributed by atoms with van der Waals surface area (Å²) in [5.41, 5.74) is 2.53. The predicted molar refractivity (Wildman–Crippen MR) is 44.6 cm³/mol. The van der Waals surface area contributed by atoms with Crippen LogP contribution in [-0.2, 0) is 0 Å². The first kappa shape index (κ1) is 7.09. The Bertz CT molecular complexity index is 424. The minimum Gasteiger partial charge on any atom is -0.239 e. The van der Waals surface area contributed by atoms with Crippen LogP contribution in [0.15, 0.2) is 12.5 Å². The summed E-state index contributed by atoms with van der Waals surface area (Å²) < 4.78 is 0. The molecular weight excluding hydrogens is 152 g/mol. The van der Waals surface area contributed by atoms with Crippen LogP contribution in [0.3, 0.4) is 0 Å². The average molecular weight is 160 g/mol. The molecule has 0 aliphatic carbocycles. The minimum atomic E-state index is 0.750. The van der Waals surface area contributed by atoms with Crippen molar-refractivity contribution in [3.8, 4) is 0 Å². The first-order chi connectivity index (χ1) is 5.77. The van der Waals surface area contributed by atoms with Crippen molar-refractivity contribution in [1.29, 1.82) is 0 Å². The van der Waals surface area contributed by atoms with Gasteiger partial charge in [-0.15, -0.1) is 0 Å². The molecule has 2 aromatic heterocycles. The van der Waals surface area contributed by atoms with Gasteiger partial charge in [0.1, 0.15) is 23.2 Å². The molecule has 0 atom stereocenters. The first-order valence-electron chi connectivity index (χ1n) is 3.68. The van der Waals surface area contributed by atoms with Gasteiger partial charge in [0.15, 0.2) is 0 Å². The Morgan fingerprint density at radius 1 is 1.08 bits per heavy atom. The molecule has 2 rings (SSSR count). The van der Waals surface area contributed by atoms with Crippen molar-refractivity contribution in [3.63, 3.8) is 0 Å². The van der Waals surface area contributed by atoms with Gasteiger partial charge < -0.3 is 0 Å². The third kappa shape index (κ3) is 1.01. The molecule has 0 aliphatic heterocycles. The van der Waals surface area contributed by atoms with E-state index in [1.165, 1.54) is 6.33 Å². The standard InChI is InChI=1S/C8H8N4/c1-5-8-7(11-4-10-5)3-9-6(2)12-8/h3-4H,1-2H3. The second kappa shape index (κ2) is 2.48. The zero-order valence-electron chi connectivity index (χ0n) is 6.94. The van der Waals surface area contributed by atoms with Crippen LogP contribution < -0.4 is 0 Å². The van der Waals surface area contributed by atoms with E-state index in [-0.39, 0.29) is 0 Å². The van der Waals surface area contributed by atoms with Gasteiger partial charge in [0.25, 0.3) is 0 Å². The number of fused-ring (bicyclic) bond motifs is 1. The highest BCUT2D eigenvalue weighted by Crippen LogP contribution is 2.08. The Hall–Kier alpha value is -1.58. The van der Waals surface area contributed by atoms with Crippen LogP contribution in [0.4, 0.5) is 0 Å². The number of hydrogen-bond donors (Lipinski definition) is 0. The van der Waals surface area contributed by atoms with Crippen LogP contribution in [-0.4, -0.2) is 19.9 Å². The van der Waals surface area contributed by atoms with Gasteiger partial charge in [0.2, 0.25) is 0 Å². The Kier molecular flexibility index (Phi) is 1.46. The van der Waals surface area contributed by atoms with E-state index in [0.717, 1.165) is 22.6 Å². The average Bonchev–Trinajstić information content (AvgIpc) is 2.07. The molecule has 2 heterocycles. The smallest absolute Gasteiger partial charge is 0.126 e. The lowest BCUT2D eigenvalue weighted by Crippen LogP contribution is -1.94. The maximum Gasteiger partial charge on any atom is 0.126 e. The molecule has 4 nitrogen and oxygen atoms in total. The molecule has 0 saturated heterocycles. The second-order valence-electron chi connectivity index (χ2n) is 2.61. The fraction of sp³-hybridized carbons (Fsp3) is 0.250. The van der Waals surface area contributed by atoms with Crippen LogP contribution in [0.2, 0.25) is 0 Å². The fourth-order valence-corrected chi connectivity index (χ4v) is 1.06. The maximum atomic E-state index is 4.24. The molecule has 0 N–H and O–H groups in total. The zero-order chi connectivity index (χ0) is 8.55. The molecule has 0 saturated carbocycles. The normalized spacial score (nSPS) is 10.5. The van der Waals surface area contributed by atoms with Crippen LogP contribution >= 0.6 is 0 Å². The molecule has 0 unspecified atom stereocenters. The van der Waals surface area contributed by atoms with E-state index in [1.54, 1.807) is 6.20 Å². The highest BCUT2D eigenvalue weighted by atomic mass is 14.9. The predicted octanol–water partition coefficient (Wildman–Crippen LogP) is 1.04. The molecule has 2 aromatic rings. The Morgan fingerprint density at radius 3 is 2.75 bits per heavy atom. The summed E-state index contributed by atoms with van der Waals surface area (Å²) in [6.45, 7) is 3.77. The number of hydrogen-bond acceptors (Lipinski definition) is 4. The molecule has 0 spiro atoms. The van der Waals surface area contributed by atoms with E-state index in [4.69, 9.17) is 0 Å². The lowest BCUT2D eigenvalue weighted by Gasteiger charge is -1.98. The largest absolute Gasteiger partial charge is 0.239 e. The molecule has 0 amide bonds. The highest BCUT2D eigenvalue weighted by molar-refractivity contribution is 5.74. The van der Waals surface area contributed by atoms with Gasteiger partial charge in [-0.1, -0.05) is 0 Å². The van der Waals surface area contributed by atoms with Gasteiger partial charge in [-0.05, 0) is 13.8 Å². The fourth-order valence-electron chi connectivity index (χ4n) is 1.06. The number of nitrogens with zero attached hydrogens (tertiary/aromatic N) is 4. The third-order valence-corrected chi connectivity index (χ3v) is 1.68. The van der Waals surface area contributed by atoms with Gasteiger partial charge in [0, 0.05) is 0 Å². The Balaban J connectivity index is 2.88. The van der Waals surface area contributed by atoms with Crippen LogP contribution in [0.5, 0.6) is 0 Å². The Morgan fingerprint density at radius 2 is 1.92 bits per heavy atom. The number of rotatable bonds is 0. The monoisotopic (exact) mass is 160 g/mol. The van der Waals surface area contributed by atoms with Gasteiger partial charge in [0.05, 0.1) is 11.9 Å². The SMILES string of the molecule is Cc1ncc2ncnc(C)c2n1. The lowest BCUT2D eigenvalue weighted by molar-refractivity contribution is 1.05. The summed E-state index contributed by atoms with van der Waals surface area (Å²) in [7, 11) is 0. The molecule has 0 aliphatic rings. The van der Waals surface area contributed by atoms with Crippen molar-refractivity contribution in [2.24, 2.45) is 0 Å². The van der Waals surface area contributed by atoms with E-state index in [0.29, 0.717) is 0 Å². The molecule has 4 heteroatoms. The van der Waals surface area contributed by atoms with Crippen molar-refractivity contribution < 1.29 is 0 Å². The summed E-state index contributed by atoms with van der Waals surface area (Å²) in [6, 6.07) is 0. The van der Waals surface area contributed by atoms with E-state index >= 15 is 0 Å². The highest BCUT2D eigenvalue weighted by Gasteiger charge is 2.00. The van der Waals surface area contributed by atoms with E-state index in [2.05, 4.69) is 19.9 Å². The molecular formula is C8H8N4. The topological polar surface area (TPSA) is 51.6 Å². The summed E-state index contributed by atoms with van der Waals surface area (Å²) in [5, 5.41) is 0. The summed E-state index contributed by atoms with van der Waals surface area (Å²) in [6.07, 6.45) is 3.24. The van der Waals surface area contributed by atoms with E-state index < -0.39 is 0 Å². The van der Waals surface area contributed by atoms with Crippen LogP contribution in [0.1, 0.15) is 11.5 Å². The second-order valence-corrected chi connectivity index (χ2v) is 2.61. The summed E-state index contributed by atoms with van der Waals surface area (Å²) in [5.74, 6) is 0.750. The van der Waals surface area contributed by atoms with Crippen molar-refractivity contribution in [2.75, 3.05) is 0 Å².